The number of hydrogen-bond acceptors (Lipinski definition) is 7. The lowest BCUT2D eigenvalue weighted by atomic mass is 10.0. The first-order chi connectivity index (χ1) is 16.6. The second kappa shape index (κ2) is 12.3. The summed E-state index contributed by atoms with van der Waals surface area (Å²) >= 11 is 0. The maximum Gasteiger partial charge on any atom is 0.354 e. The van der Waals surface area contributed by atoms with Crippen molar-refractivity contribution in [2.24, 2.45) is 0 Å². The third-order valence-corrected chi connectivity index (χ3v) is 8.04. The van der Waals surface area contributed by atoms with Crippen molar-refractivity contribution >= 4 is 21.8 Å². The Morgan fingerprint density at radius 2 is 1.71 bits per heavy atom. The van der Waals surface area contributed by atoms with E-state index in [-0.39, 0.29) is 17.2 Å². The van der Waals surface area contributed by atoms with Gasteiger partial charge in [-0.3, -0.25) is 4.79 Å². The third-order valence-electron chi connectivity index (χ3n) is 6.06. The smallest absolute Gasteiger partial charge is 0.354 e. The summed E-state index contributed by atoms with van der Waals surface area (Å²) in [4.78, 5) is 26.2. The van der Waals surface area contributed by atoms with Gasteiger partial charge in [-0.1, -0.05) is 0 Å². The van der Waals surface area contributed by atoms with Gasteiger partial charge in [0, 0.05) is 37.6 Å². The zero-order chi connectivity index (χ0) is 26.3. The molecule has 2 rings (SSSR count). The standard InChI is InChI=1S/C25H36N2O7S/c1-8-26-18(4)22(17(3)23(26)25(29)33-7)24(28)19(5)27(15-10-16-34-9-2)35(30,31)21-13-11-20(32-6)12-14-21/h11-14,19H,8-10,15-16H2,1-7H3/t19-/m0/s1. The quantitative estimate of drug-likeness (QED) is 0.231. The molecule has 0 spiro atoms. The van der Waals surface area contributed by atoms with Gasteiger partial charge in [0.15, 0.2) is 5.78 Å². The molecular formula is C25H36N2O7S. The summed E-state index contributed by atoms with van der Waals surface area (Å²) in [7, 11) is -1.23. The van der Waals surface area contributed by atoms with E-state index < -0.39 is 22.0 Å². The number of Topliss-reactive ketones (excluding diaryl/α,β-unsaturated/α-hetero) is 1. The summed E-state index contributed by atoms with van der Waals surface area (Å²) in [6.45, 7) is 10.2. The zero-order valence-electron chi connectivity index (χ0n) is 21.6. The van der Waals surface area contributed by atoms with Gasteiger partial charge >= 0.3 is 5.97 Å². The Labute approximate surface area is 208 Å². The van der Waals surface area contributed by atoms with E-state index in [1.807, 2.05) is 13.8 Å². The Morgan fingerprint density at radius 1 is 1.09 bits per heavy atom. The molecule has 10 heteroatoms. The highest BCUT2D eigenvalue weighted by Crippen LogP contribution is 2.28. The molecule has 0 N–H and O–H groups in total. The molecule has 1 atom stereocenters. The molecule has 1 aromatic carbocycles. The van der Waals surface area contributed by atoms with Crippen LogP contribution in [-0.2, 0) is 26.0 Å². The van der Waals surface area contributed by atoms with Crippen LogP contribution in [0.5, 0.6) is 5.75 Å². The SMILES string of the molecule is CCOCCCN([C@@H](C)C(=O)c1c(C)c(C(=O)OC)n(CC)c1C)S(=O)(=O)c1ccc(OC)cc1. The highest BCUT2D eigenvalue weighted by molar-refractivity contribution is 7.89. The van der Waals surface area contributed by atoms with Crippen LogP contribution < -0.4 is 4.74 Å². The van der Waals surface area contributed by atoms with Crippen LogP contribution in [0.15, 0.2) is 29.2 Å². The van der Waals surface area contributed by atoms with Gasteiger partial charge in [-0.25, -0.2) is 13.2 Å². The first-order valence-corrected chi connectivity index (χ1v) is 13.1. The highest BCUT2D eigenvalue weighted by atomic mass is 32.2. The van der Waals surface area contributed by atoms with Crippen molar-refractivity contribution in [3.63, 3.8) is 0 Å². The average Bonchev–Trinajstić information content (AvgIpc) is 3.11. The Balaban J connectivity index is 2.53. The molecular weight excluding hydrogens is 472 g/mol. The van der Waals surface area contributed by atoms with Gasteiger partial charge in [-0.05, 0) is 70.9 Å². The van der Waals surface area contributed by atoms with E-state index in [0.29, 0.717) is 54.4 Å². The largest absolute Gasteiger partial charge is 0.497 e. The van der Waals surface area contributed by atoms with Crippen LogP contribution in [0.3, 0.4) is 0 Å². The topological polar surface area (TPSA) is 104 Å². The number of carbonyl (C=O) groups is 2. The van der Waals surface area contributed by atoms with Gasteiger partial charge in [0.25, 0.3) is 0 Å². The fourth-order valence-corrected chi connectivity index (χ4v) is 5.86. The van der Waals surface area contributed by atoms with Crippen molar-refractivity contribution < 1.29 is 32.2 Å². The van der Waals surface area contributed by atoms with Gasteiger partial charge in [-0.2, -0.15) is 4.31 Å². The molecule has 1 aromatic heterocycles. The molecule has 0 bridgehead atoms. The summed E-state index contributed by atoms with van der Waals surface area (Å²) < 4.78 is 45.7. The van der Waals surface area contributed by atoms with Gasteiger partial charge in [0.1, 0.15) is 11.4 Å². The molecule has 0 amide bonds. The number of ether oxygens (including phenoxy) is 3. The fraction of sp³-hybridized carbons (Fsp3) is 0.520. The number of ketones is 1. The minimum absolute atomic E-state index is 0.0594. The van der Waals surface area contributed by atoms with Crippen LogP contribution in [0.25, 0.3) is 0 Å². The average molecular weight is 509 g/mol. The van der Waals surface area contributed by atoms with E-state index in [9.17, 15) is 18.0 Å². The van der Waals surface area contributed by atoms with Crippen LogP contribution in [-0.4, -0.2) is 69.1 Å². The third kappa shape index (κ3) is 5.94. The number of sulfonamides is 1. The molecule has 0 aliphatic heterocycles. The van der Waals surface area contributed by atoms with Crippen molar-refractivity contribution in [1.29, 1.82) is 0 Å². The second-order valence-corrected chi connectivity index (χ2v) is 9.94. The van der Waals surface area contributed by atoms with Crippen molar-refractivity contribution in [3.05, 3.63) is 46.8 Å². The molecule has 35 heavy (non-hydrogen) atoms. The molecule has 0 aliphatic rings. The van der Waals surface area contributed by atoms with Gasteiger partial charge in [0.2, 0.25) is 10.0 Å². The second-order valence-electron chi connectivity index (χ2n) is 8.05. The van der Waals surface area contributed by atoms with Crippen LogP contribution in [0, 0.1) is 13.8 Å². The van der Waals surface area contributed by atoms with Crippen molar-refractivity contribution in [3.8, 4) is 5.75 Å². The molecule has 2 aromatic rings. The molecule has 0 radical (unpaired) electrons. The summed E-state index contributed by atoms with van der Waals surface area (Å²) in [5.41, 5.74) is 1.70. The Kier molecular flexibility index (Phi) is 10.1. The lowest BCUT2D eigenvalue weighted by Gasteiger charge is -2.28. The maximum absolute atomic E-state index is 13.8. The molecule has 1 heterocycles. The summed E-state index contributed by atoms with van der Waals surface area (Å²) in [5.74, 6) is -0.400. The monoisotopic (exact) mass is 508 g/mol. The van der Waals surface area contributed by atoms with E-state index in [4.69, 9.17) is 14.2 Å². The van der Waals surface area contributed by atoms with Gasteiger partial charge < -0.3 is 18.8 Å². The van der Waals surface area contributed by atoms with Crippen molar-refractivity contribution in [2.45, 2.75) is 58.5 Å². The molecule has 0 unspecified atom stereocenters. The number of hydrogen-bond donors (Lipinski definition) is 0. The van der Waals surface area contributed by atoms with Crippen LogP contribution in [0.4, 0.5) is 0 Å². The minimum Gasteiger partial charge on any atom is -0.497 e. The summed E-state index contributed by atoms with van der Waals surface area (Å²) in [5, 5.41) is 0. The maximum atomic E-state index is 13.8. The first-order valence-electron chi connectivity index (χ1n) is 11.6. The number of rotatable bonds is 13. The molecule has 0 fully saturated rings. The van der Waals surface area contributed by atoms with E-state index >= 15 is 0 Å². The normalized spacial score (nSPS) is 12.6. The predicted octanol–water partition coefficient (Wildman–Crippen LogP) is 3.61. The Morgan fingerprint density at radius 3 is 2.23 bits per heavy atom. The zero-order valence-corrected chi connectivity index (χ0v) is 22.4. The highest BCUT2D eigenvalue weighted by Gasteiger charge is 2.36. The van der Waals surface area contributed by atoms with Gasteiger partial charge in [0.05, 0.1) is 25.2 Å². The Bertz CT molecular complexity index is 1140. The lowest BCUT2D eigenvalue weighted by molar-refractivity contribution is 0.0587. The number of benzene rings is 1. The minimum atomic E-state index is -4.02. The number of aromatic nitrogens is 1. The lowest BCUT2D eigenvalue weighted by Crippen LogP contribution is -2.44. The predicted molar refractivity (Wildman–Crippen MR) is 133 cm³/mol. The first kappa shape index (κ1) is 28.5. The molecule has 0 saturated carbocycles. The molecule has 0 saturated heterocycles. The van der Waals surface area contributed by atoms with E-state index in [1.165, 1.54) is 30.7 Å². The molecule has 0 aliphatic carbocycles. The number of esters is 1. The van der Waals surface area contributed by atoms with Crippen LogP contribution >= 0.6 is 0 Å². The summed E-state index contributed by atoms with van der Waals surface area (Å²) in [6.07, 6.45) is 0.419. The number of methoxy groups -OCH3 is 2. The van der Waals surface area contributed by atoms with Crippen molar-refractivity contribution in [2.75, 3.05) is 34.0 Å². The van der Waals surface area contributed by atoms with E-state index in [0.717, 1.165) is 0 Å². The molecule has 9 nitrogen and oxygen atoms in total. The number of carbonyl (C=O) groups excluding carboxylic acids is 2. The fourth-order valence-electron chi connectivity index (χ4n) is 4.22. The van der Waals surface area contributed by atoms with Crippen molar-refractivity contribution in [1.82, 2.24) is 8.87 Å². The Hall–Kier alpha value is -2.69. The number of nitrogens with zero attached hydrogens (tertiary/aromatic N) is 2. The van der Waals surface area contributed by atoms with Crippen LogP contribution in [0.2, 0.25) is 0 Å². The summed E-state index contributed by atoms with van der Waals surface area (Å²) in [6, 6.07) is 5.03. The van der Waals surface area contributed by atoms with E-state index in [2.05, 4.69) is 0 Å². The molecule has 194 valence electrons. The van der Waals surface area contributed by atoms with Crippen LogP contribution in [0.1, 0.15) is 59.3 Å². The van der Waals surface area contributed by atoms with Gasteiger partial charge in [-0.15, -0.1) is 0 Å². The van der Waals surface area contributed by atoms with E-state index in [1.54, 1.807) is 37.5 Å².